The maximum absolute atomic E-state index is 5.63. The van der Waals surface area contributed by atoms with Gasteiger partial charge < -0.3 is 4.74 Å². The average Bonchev–Trinajstić information content (AvgIpc) is 3.11. The molecular weight excluding hydrogens is 186 g/mol. The fourth-order valence-electron chi connectivity index (χ4n) is 1.78. The Labute approximate surface area is 88.5 Å². The van der Waals surface area contributed by atoms with Gasteiger partial charge in [0.1, 0.15) is 12.2 Å². The van der Waals surface area contributed by atoms with E-state index in [1.165, 1.54) is 5.56 Å². The highest BCUT2D eigenvalue weighted by Crippen LogP contribution is 2.49. The van der Waals surface area contributed by atoms with Crippen molar-refractivity contribution in [1.29, 1.82) is 0 Å². The average molecular weight is 197 g/mol. The Morgan fingerprint density at radius 3 is 2.40 bits per heavy atom. The van der Waals surface area contributed by atoms with Crippen molar-refractivity contribution in [2.45, 2.75) is 12.2 Å². The molecule has 0 aliphatic carbocycles. The maximum atomic E-state index is 5.63. The van der Waals surface area contributed by atoms with Gasteiger partial charge in [-0.25, -0.2) is 0 Å². The van der Waals surface area contributed by atoms with Crippen LogP contribution in [0.15, 0.2) is 54.7 Å². The normalized spacial score (nSPS) is 23.7. The summed E-state index contributed by atoms with van der Waals surface area (Å²) in [6, 6.07) is 16.2. The lowest BCUT2D eigenvalue weighted by Crippen LogP contribution is -1.86. The molecule has 1 aliphatic rings. The van der Waals surface area contributed by atoms with Gasteiger partial charge in [0.05, 0.1) is 5.69 Å². The van der Waals surface area contributed by atoms with Gasteiger partial charge in [0.25, 0.3) is 0 Å². The first kappa shape index (κ1) is 8.62. The van der Waals surface area contributed by atoms with Crippen LogP contribution >= 0.6 is 0 Å². The van der Waals surface area contributed by atoms with Crippen molar-refractivity contribution in [2.75, 3.05) is 0 Å². The van der Waals surface area contributed by atoms with Gasteiger partial charge in [-0.1, -0.05) is 36.4 Å². The van der Waals surface area contributed by atoms with Crippen LogP contribution in [-0.4, -0.2) is 4.98 Å². The third-order valence-corrected chi connectivity index (χ3v) is 2.60. The van der Waals surface area contributed by atoms with E-state index in [2.05, 4.69) is 17.1 Å². The Bertz CT molecular complexity index is 397. The van der Waals surface area contributed by atoms with Crippen LogP contribution in [0.25, 0.3) is 0 Å². The van der Waals surface area contributed by atoms with E-state index in [0.29, 0.717) is 0 Å². The molecular formula is C13H11NO. The van der Waals surface area contributed by atoms with Crippen LogP contribution in [0.4, 0.5) is 0 Å². The maximum Gasteiger partial charge on any atom is 0.131 e. The van der Waals surface area contributed by atoms with E-state index < -0.39 is 0 Å². The summed E-state index contributed by atoms with van der Waals surface area (Å²) in [4.78, 5) is 4.29. The van der Waals surface area contributed by atoms with Crippen LogP contribution < -0.4 is 0 Å². The van der Waals surface area contributed by atoms with Crippen LogP contribution in [0.5, 0.6) is 0 Å². The van der Waals surface area contributed by atoms with Gasteiger partial charge in [0.15, 0.2) is 0 Å². The summed E-state index contributed by atoms with van der Waals surface area (Å²) in [6.45, 7) is 0. The number of benzene rings is 1. The van der Waals surface area contributed by atoms with Crippen LogP contribution in [-0.2, 0) is 4.74 Å². The van der Waals surface area contributed by atoms with Crippen molar-refractivity contribution in [3.05, 3.63) is 66.0 Å². The van der Waals surface area contributed by atoms with Gasteiger partial charge in [-0.2, -0.15) is 0 Å². The summed E-state index contributed by atoms with van der Waals surface area (Å²) in [5.41, 5.74) is 2.25. The SMILES string of the molecule is c1ccc([C@H]2O[C@@H]2c2ccccn2)cc1. The van der Waals surface area contributed by atoms with Crippen molar-refractivity contribution in [2.24, 2.45) is 0 Å². The Kier molecular flexibility index (Phi) is 2.00. The molecule has 0 bridgehead atoms. The van der Waals surface area contributed by atoms with E-state index in [9.17, 15) is 0 Å². The number of hydrogen-bond donors (Lipinski definition) is 0. The van der Waals surface area contributed by atoms with Crippen molar-refractivity contribution in [1.82, 2.24) is 4.98 Å². The minimum absolute atomic E-state index is 0.147. The van der Waals surface area contributed by atoms with E-state index in [-0.39, 0.29) is 12.2 Å². The molecule has 74 valence electrons. The van der Waals surface area contributed by atoms with Crippen molar-refractivity contribution < 1.29 is 4.74 Å². The van der Waals surface area contributed by atoms with Gasteiger partial charge in [-0.3, -0.25) is 4.98 Å². The van der Waals surface area contributed by atoms with Crippen molar-refractivity contribution in [3.63, 3.8) is 0 Å². The van der Waals surface area contributed by atoms with Crippen LogP contribution in [0.1, 0.15) is 23.5 Å². The van der Waals surface area contributed by atoms with Gasteiger partial charge in [0, 0.05) is 6.20 Å². The Hall–Kier alpha value is -1.67. The second kappa shape index (κ2) is 3.48. The Morgan fingerprint density at radius 2 is 1.67 bits per heavy atom. The molecule has 1 saturated heterocycles. The standard InChI is InChI=1S/C13H11NO/c1-2-6-10(7-3-1)12-13(15-12)11-8-4-5-9-14-11/h1-9,12-13H/t12-,13-/m1/s1. The molecule has 0 amide bonds. The molecule has 2 heterocycles. The highest BCUT2D eigenvalue weighted by Gasteiger charge is 2.42. The van der Waals surface area contributed by atoms with Crippen molar-refractivity contribution >= 4 is 0 Å². The molecule has 1 aromatic heterocycles. The molecule has 1 aromatic carbocycles. The lowest BCUT2D eigenvalue weighted by atomic mass is 10.1. The fourth-order valence-corrected chi connectivity index (χ4v) is 1.78. The lowest BCUT2D eigenvalue weighted by Gasteiger charge is -1.94. The third-order valence-electron chi connectivity index (χ3n) is 2.60. The lowest BCUT2D eigenvalue weighted by molar-refractivity contribution is 0.375. The van der Waals surface area contributed by atoms with Gasteiger partial charge >= 0.3 is 0 Å². The molecule has 2 heteroatoms. The summed E-state index contributed by atoms with van der Waals surface area (Å²) in [5, 5.41) is 0. The first-order valence-electron chi connectivity index (χ1n) is 5.06. The second-order valence-corrected chi connectivity index (χ2v) is 3.64. The highest BCUT2D eigenvalue weighted by atomic mass is 16.6. The number of pyridine rings is 1. The van der Waals surface area contributed by atoms with Gasteiger partial charge in [-0.15, -0.1) is 0 Å². The molecule has 3 rings (SSSR count). The summed E-state index contributed by atoms with van der Waals surface area (Å²) in [6.07, 6.45) is 2.15. The van der Waals surface area contributed by atoms with E-state index in [1.54, 1.807) is 6.20 Å². The van der Waals surface area contributed by atoms with Crippen LogP contribution in [0.3, 0.4) is 0 Å². The summed E-state index contributed by atoms with van der Waals surface area (Å²) < 4.78 is 5.63. The number of nitrogens with zero attached hydrogens (tertiary/aromatic N) is 1. The molecule has 0 saturated carbocycles. The minimum Gasteiger partial charge on any atom is -0.358 e. The summed E-state index contributed by atoms with van der Waals surface area (Å²) in [5.74, 6) is 0. The van der Waals surface area contributed by atoms with E-state index >= 15 is 0 Å². The number of rotatable bonds is 2. The van der Waals surface area contributed by atoms with Crippen LogP contribution in [0, 0.1) is 0 Å². The van der Waals surface area contributed by atoms with E-state index in [1.807, 2.05) is 36.4 Å². The van der Waals surface area contributed by atoms with Crippen LogP contribution in [0.2, 0.25) is 0 Å². The number of hydrogen-bond acceptors (Lipinski definition) is 2. The van der Waals surface area contributed by atoms with E-state index in [0.717, 1.165) is 5.69 Å². The molecule has 0 unspecified atom stereocenters. The molecule has 15 heavy (non-hydrogen) atoms. The monoisotopic (exact) mass is 197 g/mol. The third kappa shape index (κ3) is 1.64. The minimum atomic E-state index is 0.147. The van der Waals surface area contributed by atoms with E-state index in [4.69, 9.17) is 4.74 Å². The molecule has 2 nitrogen and oxygen atoms in total. The topological polar surface area (TPSA) is 25.4 Å². The van der Waals surface area contributed by atoms with Gasteiger partial charge in [-0.05, 0) is 17.7 Å². The number of epoxide rings is 1. The second-order valence-electron chi connectivity index (χ2n) is 3.64. The fraction of sp³-hybridized carbons (Fsp3) is 0.154. The molecule has 2 aromatic rings. The molecule has 1 fully saturated rings. The van der Waals surface area contributed by atoms with Crippen molar-refractivity contribution in [3.8, 4) is 0 Å². The first-order chi connectivity index (χ1) is 7.45. The summed E-state index contributed by atoms with van der Waals surface area (Å²) in [7, 11) is 0. The summed E-state index contributed by atoms with van der Waals surface area (Å²) >= 11 is 0. The molecule has 0 radical (unpaired) electrons. The quantitative estimate of drug-likeness (QED) is 0.692. The molecule has 0 N–H and O–H groups in total. The number of ether oxygens (including phenoxy) is 1. The predicted molar refractivity (Wildman–Crippen MR) is 57.2 cm³/mol. The predicted octanol–water partition coefficient (Wildman–Crippen LogP) is 2.89. The molecule has 1 aliphatic heterocycles. The first-order valence-corrected chi connectivity index (χ1v) is 5.06. The molecule has 2 atom stereocenters. The zero-order valence-electron chi connectivity index (χ0n) is 8.21. The zero-order chi connectivity index (χ0) is 10.1. The Balaban J connectivity index is 1.81. The smallest absolute Gasteiger partial charge is 0.131 e. The molecule has 0 spiro atoms. The Morgan fingerprint density at radius 1 is 0.867 bits per heavy atom. The van der Waals surface area contributed by atoms with Gasteiger partial charge in [0.2, 0.25) is 0 Å². The largest absolute Gasteiger partial charge is 0.358 e. The highest BCUT2D eigenvalue weighted by molar-refractivity contribution is 5.26. The zero-order valence-corrected chi connectivity index (χ0v) is 8.21. The number of aromatic nitrogens is 1.